The van der Waals surface area contributed by atoms with Crippen molar-refractivity contribution in [2.45, 2.75) is 45.5 Å². The van der Waals surface area contributed by atoms with Crippen LogP contribution in [0.4, 0.5) is 0 Å². The highest BCUT2D eigenvalue weighted by molar-refractivity contribution is 6.74. The molecule has 0 atom stereocenters. The van der Waals surface area contributed by atoms with E-state index in [4.69, 9.17) is 4.43 Å². The first-order chi connectivity index (χ1) is 9.76. The molecule has 0 amide bonds. The molecule has 1 aromatic carbocycles. The third kappa shape index (κ3) is 5.82. The first-order valence-corrected chi connectivity index (χ1v) is 10.2. The summed E-state index contributed by atoms with van der Waals surface area (Å²) in [5.74, 6) is 0. The molecule has 0 radical (unpaired) electrons. The van der Waals surface area contributed by atoms with E-state index < -0.39 is 8.32 Å². The molecule has 0 unspecified atom stereocenters. The van der Waals surface area contributed by atoms with Gasteiger partial charge in [-0.25, -0.2) is 0 Å². The summed E-state index contributed by atoms with van der Waals surface area (Å²) in [4.78, 5) is 10.2. The van der Waals surface area contributed by atoms with Gasteiger partial charge in [0.2, 0.25) is 0 Å². The second-order valence-electron chi connectivity index (χ2n) is 6.67. The van der Waals surface area contributed by atoms with Crippen LogP contribution in [0.1, 0.15) is 31.9 Å². The van der Waals surface area contributed by atoms with Crippen molar-refractivity contribution in [1.82, 2.24) is 0 Å². The van der Waals surface area contributed by atoms with Crippen molar-refractivity contribution >= 4 is 20.7 Å². The highest BCUT2D eigenvalue weighted by Gasteiger charge is 2.36. The van der Waals surface area contributed by atoms with Crippen LogP contribution < -0.4 is 0 Å². The highest BCUT2D eigenvalue weighted by atomic mass is 28.4. The van der Waals surface area contributed by atoms with Crippen molar-refractivity contribution in [1.29, 1.82) is 0 Å². The van der Waals surface area contributed by atoms with Crippen LogP contribution in [-0.4, -0.2) is 14.6 Å². The van der Waals surface area contributed by atoms with E-state index in [-0.39, 0.29) is 5.04 Å². The van der Waals surface area contributed by atoms with Crippen molar-refractivity contribution in [3.8, 4) is 0 Å². The molecule has 0 aliphatic rings. The quantitative estimate of drug-likeness (QED) is 0.321. The lowest BCUT2D eigenvalue weighted by molar-refractivity contribution is -0.104. The first kappa shape index (κ1) is 17.6. The van der Waals surface area contributed by atoms with Gasteiger partial charge in [-0.3, -0.25) is 4.79 Å². The van der Waals surface area contributed by atoms with E-state index in [1.54, 1.807) is 6.08 Å². The van der Waals surface area contributed by atoms with Gasteiger partial charge in [-0.2, -0.15) is 0 Å². The molecular formula is C18H26O2Si. The molecule has 0 aliphatic heterocycles. The maximum absolute atomic E-state index is 10.2. The average molecular weight is 302 g/mol. The Labute approximate surface area is 129 Å². The summed E-state index contributed by atoms with van der Waals surface area (Å²) in [7, 11) is -1.71. The maximum Gasteiger partial charge on any atom is 0.192 e. The number of carbonyl (C=O) groups excluding carboxylic acids is 1. The molecule has 0 aliphatic carbocycles. The number of aldehydes is 1. The second-order valence-corrected chi connectivity index (χ2v) is 11.5. The Morgan fingerprint density at radius 3 is 2.48 bits per heavy atom. The van der Waals surface area contributed by atoms with Crippen LogP contribution in [0.3, 0.4) is 0 Å². The first-order valence-electron chi connectivity index (χ1n) is 7.28. The van der Waals surface area contributed by atoms with E-state index in [0.29, 0.717) is 6.61 Å². The van der Waals surface area contributed by atoms with Gasteiger partial charge < -0.3 is 4.43 Å². The molecule has 0 aromatic heterocycles. The summed E-state index contributed by atoms with van der Waals surface area (Å²) in [5, 5.41) is 0.226. The molecule has 0 heterocycles. The molecule has 0 bridgehead atoms. The fraction of sp³-hybridized carbons (Fsp3) is 0.389. The molecule has 1 aromatic rings. The molecule has 1 rings (SSSR count). The van der Waals surface area contributed by atoms with Crippen LogP contribution in [0.2, 0.25) is 18.1 Å². The lowest BCUT2D eigenvalue weighted by Gasteiger charge is -2.36. The summed E-state index contributed by atoms with van der Waals surface area (Å²) in [6.07, 6.45) is 7.82. The molecule has 21 heavy (non-hydrogen) atoms. The summed E-state index contributed by atoms with van der Waals surface area (Å²) in [6, 6.07) is 8.29. The lowest BCUT2D eigenvalue weighted by atomic mass is 10.1. The number of hydrogen-bond donors (Lipinski definition) is 0. The monoisotopic (exact) mass is 302 g/mol. The molecule has 0 fully saturated rings. The third-order valence-corrected chi connectivity index (χ3v) is 8.42. The van der Waals surface area contributed by atoms with Crippen molar-refractivity contribution in [3.05, 3.63) is 53.6 Å². The Kier molecular flexibility index (Phi) is 6.31. The highest BCUT2D eigenvalue weighted by Crippen LogP contribution is 2.37. The smallest absolute Gasteiger partial charge is 0.192 e. The number of rotatable bonds is 6. The second kappa shape index (κ2) is 7.53. The van der Waals surface area contributed by atoms with E-state index in [1.165, 1.54) is 11.6 Å². The topological polar surface area (TPSA) is 26.3 Å². The van der Waals surface area contributed by atoms with Gasteiger partial charge in [0, 0.05) is 0 Å². The van der Waals surface area contributed by atoms with E-state index in [9.17, 15) is 4.79 Å². The van der Waals surface area contributed by atoms with Gasteiger partial charge in [0.15, 0.2) is 8.32 Å². The van der Waals surface area contributed by atoms with Gasteiger partial charge in [-0.05, 0) is 41.4 Å². The normalized spacial score (nSPS) is 13.2. The van der Waals surface area contributed by atoms with Crippen molar-refractivity contribution in [2.75, 3.05) is 0 Å². The molecule has 0 saturated carbocycles. The average Bonchev–Trinajstić information content (AvgIpc) is 2.41. The zero-order valence-corrected chi connectivity index (χ0v) is 14.7. The fourth-order valence-electron chi connectivity index (χ4n) is 1.54. The largest absolute Gasteiger partial charge is 0.413 e. The predicted molar refractivity (Wildman–Crippen MR) is 92.7 cm³/mol. The molecule has 114 valence electrons. The van der Waals surface area contributed by atoms with Gasteiger partial charge in [0.1, 0.15) is 6.29 Å². The Bertz CT molecular complexity index is 522. The summed E-state index contributed by atoms with van der Waals surface area (Å²) in [5.41, 5.74) is 2.29. The van der Waals surface area contributed by atoms with Crippen LogP contribution in [0.25, 0.3) is 6.08 Å². The molecule has 0 N–H and O–H groups in total. The molecular weight excluding hydrogens is 276 g/mol. The number of benzene rings is 1. The lowest BCUT2D eigenvalue weighted by Crippen LogP contribution is -2.40. The van der Waals surface area contributed by atoms with Gasteiger partial charge in [-0.1, -0.05) is 57.2 Å². The van der Waals surface area contributed by atoms with Crippen LogP contribution in [0.15, 0.2) is 42.5 Å². The molecule has 3 heteroatoms. The number of carbonyl (C=O) groups is 1. The molecule has 0 spiro atoms. The van der Waals surface area contributed by atoms with Gasteiger partial charge in [0.05, 0.1) is 6.61 Å². The minimum Gasteiger partial charge on any atom is -0.413 e. The SMILES string of the molecule is CC(C)(C)[Si](C)(C)OCc1cccc(/C=C/C=C/C=O)c1. The Balaban J connectivity index is 2.71. The van der Waals surface area contributed by atoms with E-state index in [1.807, 2.05) is 24.3 Å². The van der Waals surface area contributed by atoms with Crippen LogP contribution in [-0.2, 0) is 15.8 Å². The third-order valence-electron chi connectivity index (χ3n) is 3.95. The summed E-state index contributed by atoms with van der Waals surface area (Å²) >= 11 is 0. The van der Waals surface area contributed by atoms with Crippen molar-refractivity contribution < 1.29 is 9.22 Å². The van der Waals surface area contributed by atoms with Crippen molar-refractivity contribution in [3.63, 3.8) is 0 Å². The summed E-state index contributed by atoms with van der Waals surface area (Å²) in [6.45, 7) is 11.9. The molecule has 0 saturated heterocycles. The minimum absolute atomic E-state index is 0.226. The zero-order valence-electron chi connectivity index (χ0n) is 13.7. The number of allylic oxidation sites excluding steroid dienone is 3. The van der Waals surface area contributed by atoms with E-state index in [2.05, 4.69) is 46.0 Å². The predicted octanol–water partition coefficient (Wildman–Crippen LogP) is 4.98. The van der Waals surface area contributed by atoms with E-state index >= 15 is 0 Å². The Morgan fingerprint density at radius 1 is 1.14 bits per heavy atom. The van der Waals surface area contributed by atoms with Crippen LogP contribution in [0.5, 0.6) is 0 Å². The Hall–Kier alpha value is -1.45. The maximum atomic E-state index is 10.2. The van der Waals surface area contributed by atoms with Crippen LogP contribution in [0, 0.1) is 0 Å². The fourth-order valence-corrected chi connectivity index (χ4v) is 2.50. The zero-order chi connectivity index (χ0) is 15.9. The van der Waals surface area contributed by atoms with E-state index in [0.717, 1.165) is 11.8 Å². The van der Waals surface area contributed by atoms with Crippen LogP contribution >= 0.6 is 0 Å². The Morgan fingerprint density at radius 2 is 1.86 bits per heavy atom. The van der Waals surface area contributed by atoms with Crippen molar-refractivity contribution in [2.24, 2.45) is 0 Å². The standard InChI is InChI=1S/C18H26O2Si/c1-18(2,3)21(4,5)20-15-17-12-9-11-16(14-17)10-7-6-8-13-19/h6-14H,15H2,1-5H3/b8-6+,10-7+. The summed E-state index contributed by atoms with van der Waals surface area (Å²) < 4.78 is 6.23. The minimum atomic E-state index is -1.71. The van der Waals surface area contributed by atoms with Gasteiger partial charge >= 0.3 is 0 Å². The van der Waals surface area contributed by atoms with Gasteiger partial charge in [0.25, 0.3) is 0 Å². The number of hydrogen-bond acceptors (Lipinski definition) is 2. The molecule has 2 nitrogen and oxygen atoms in total. The van der Waals surface area contributed by atoms with Gasteiger partial charge in [-0.15, -0.1) is 0 Å².